The topological polar surface area (TPSA) is 93.7 Å². The fraction of sp³-hybridized carbons (Fsp3) is 0.115. The number of urea groups is 1. The fourth-order valence-corrected chi connectivity index (χ4v) is 3.57. The molecule has 2 N–H and O–H groups in total. The first-order valence-electron chi connectivity index (χ1n) is 10.5. The molecule has 1 atom stereocenters. The lowest BCUT2D eigenvalue weighted by atomic mass is 9.92. The number of rotatable bonds is 6. The van der Waals surface area contributed by atoms with Gasteiger partial charge < -0.3 is 20.1 Å². The molecule has 0 saturated carbocycles. The van der Waals surface area contributed by atoms with Crippen LogP contribution in [0.3, 0.4) is 0 Å². The van der Waals surface area contributed by atoms with Gasteiger partial charge in [-0.1, -0.05) is 60.7 Å². The predicted octanol–water partition coefficient (Wildman–Crippen LogP) is 4.23. The van der Waals surface area contributed by atoms with Crippen molar-refractivity contribution >= 4 is 23.7 Å². The second kappa shape index (κ2) is 9.82. The molecule has 0 saturated heterocycles. The number of hydrogen-bond acceptors (Lipinski definition) is 5. The summed E-state index contributed by atoms with van der Waals surface area (Å²) in [5, 5.41) is 5.52. The van der Waals surface area contributed by atoms with Crippen LogP contribution < -0.4 is 15.4 Å². The summed E-state index contributed by atoms with van der Waals surface area (Å²) in [7, 11) is 0. The zero-order valence-electron chi connectivity index (χ0n) is 17.9. The molecule has 1 heterocycles. The fourth-order valence-electron chi connectivity index (χ4n) is 3.57. The van der Waals surface area contributed by atoms with Gasteiger partial charge in [0.15, 0.2) is 0 Å². The SMILES string of the molecule is CCOC(=O)C1=C(c2ccccc2)NC(=O)NC1c1cccc(OC(=O)c2ccccc2)c1. The summed E-state index contributed by atoms with van der Waals surface area (Å²) in [6.45, 7) is 1.90. The first kappa shape index (κ1) is 21.8. The minimum absolute atomic E-state index is 0.180. The molecule has 0 fully saturated rings. The second-order valence-electron chi connectivity index (χ2n) is 7.23. The van der Waals surface area contributed by atoms with E-state index in [9.17, 15) is 14.4 Å². The van der Waals surface area contributed by atoms with Crippen LogP contribution in [-0.2, 0) is 9.53 Å². The zero-order valence-corrected chi connectivity index (χ0v) is 17.9. The van der Waals surface area contributed by atoms with Crippen molar-refractivity contribution in [2.75, 3.05) is 6.61 Å². The lowest BCUT2D eigenvalue weighted by Gasteiger charge is -2.29. The molecule has 3 aromatic carbocycles. The number of hydrogen-bond donors (Lipinski definition) is 2. The number of benzene rings is 3. The van der Waals surface area contributed by atoms with Gasteiger partial charge in [-0.3, -0.25) is 0 Å². The highest BCUT2D eigenvalue weighted by Crippen LogP contribution is 2.33. The van der Waals surface area contributed by atoms with Crippen LogP contribution in [0.1, 0.15) is 34.5 Å². The van der Waals surface area contributed by atoms with Crippen molar-refractivity contribution in [3.8, 4) is 5.75 Å². The predicted molar refractivity (Wildman–Crippen MR) is 122 cm³/mol. The van der Waals surface area contributed by atoms with Crippen molar-refractivity contribution in [2.45, 2.75) is 13.0 Å². The monoisotopic (exact) mass is 442 g/mol. The lowest BCUT2D eigenvalue weighted by Crippen LogP contribution is -2.45. The molecular weight excluding hydrogens is 420 g/mol. The maximum absolute atomic E-state index is 13.0. The molecule has 166 valence electrons. The van der Waals surface area contributed by atoms with E-state index in [1.54, 1.807) is 67.6 Å². The van der Waals surface area contributed by atoms with Crippen molar-refractivity contribution < 1.29 is 23.9 Å². The van der Waals surface area contributed by atoms with Crippen LogP contribution in [0.5, 0.6) is 5.75 Å². The smallest absolute Gasteiger partial charge is 0.343 e. The average molecular weight is 442 g/mol. The van der Waals surface area contributed by atoms with E-state index in [0.29, 0.717) is 28.1 Å². The van der Waals surface area contributed by atoms with Gasteiger partial charge in [0.2, 0.25) is 0 Å². The van der Waals surface area contributed by atoms with E-state index in [4.69, 9.17) is 9.47 Å². The molecule has 0 bridgehead atoms. The van der Waals surface area contributed by atoms with Gasteiger partial charge in [0.25, 0.3) is 0 Å². The van der Waals surface area contributed by atoms with Gasteiger partial charge in [-0.2, -0.15) is 0 Å². The number of amides is 2. The molecule has 0 aromatic heterocycles. The van der Waals surface area contributed by atoms with Crippen LogP contribution >= 0.6 is 0 Å². The van der Waals surface area contributed by atoms with Gasteiger partial charge in [0.1, 0.15) is 5.75 Å². The molecule has 4 rings (SSSR count). The van der Waals surface area contributed by atoms with Crippen LogP contribution in [-0.4, -0.2) is 24.6 Å². The Labute approximate surface area is 191 Å². The van der Waals surface area contributed by atoms with Crippen molar-refractivity contribution in [2.24, 2.45) is 0 Å². The summed E-state index contributed by atoms with van der Waals surface area (Å²) in [5.41, 5.74) is 2.28. The number of ether oxygens (including phenoxy) is 2. The van der Waals surface area contributed by atoms with E-state index in [-0.39, 0.29) is 12.2 Å². The molecule has 1 aliphatic rings. The Morgan fingerprint density at radius 1 is 0.879 bits per heavy atom. The number of carbonyl (C=O) groups is 3. The Hall–Kier alpha value is -4.39. The van der Waals surface area contributed by atoms with Crippen molar-refractivity contribution in [3.63, 3.8) is 0 Å². The third kappa shape index (κ3) is 4.93. The van der Waals surface area contributed by atoms with E-state index in [1.165, 1.54) is 0 Å². The van der Waals surface area contributed by atoms with Crippen molar-refractivity contribution in [3.05, 3.63) is 107 Å². The molecule has 7 heteroatoms. The van der Waals surface area contributed by atoms with Gasteiger partial charge >= 0.3 is 18.0 Å². The van der Waals surface area contributed by atoms with Crippen LogP contribution in [0.15, 0.2) is 90.5 Å². The maximum atomic E-state index is 13.0. The Morgan fingerprint density at radius 3 is 2.27 bits per heavy atom. The van der Waals surface area contributed by atoms with Crippen molar-refractivity contribution in [1.82, 2.24) is 10.6 Å². The molecule has 2 amide bonds. The molecule has 3 aromatic rings. The largest absolute Gasteiger partial charge is 0.463 e. The van der Waals surface area contributed by atoms with Crippen LogP contribution in [0.2, 0.25) is 0 Å². The summed E-state index contributed by atoms with van der Waals surface area (Å²) in [4.78, 5) is 37.9. The average Bonchev–Trinajstić information content (AvgIpc) is 2.85. The Kier molecular flexibility index (Phi) is 6.50. The quantitative estimate of drug-likeness (QED) is 0.440. The minimum Gasteiger partial charge on any atom is -0.463 e. The van der Waals surface area contributed by atoms with Gasteiger partial charge in [-0.15, -0.1) is 0 Å². The zero-order chi connectivity index (χ0) is 23.2. The van der Waals surface area contributed by atoms with Gasteiger partial charge in [0, 0.05) is 0 Å². The van der Waals surface area contributed by atoms with E-state index in [1.807, 2.05) is 24.3 Å². The lowest BCUT2D eigenvalue weighted by molar-refractivity contribution is -0.138. The summed E-state index contributed by atoms with van der Waals surface area (Å²) < 4.78 is 10.8. The highest BCUT2D eigenvalue weighted by molar-refractivity contribution is 6.04. The van der Waals surface area contributed by atoms with Gasteiger partial charge in [0.05, 0.1) is 29.5 Å². The van der Waals surface area contributed by atoms with E-state index >= 15 is 0 Å². The molecule has 33 heavy (non-hydrogen) atoms. The Balaban J connectivity index is 1.73. The second-order valence-corrected chi connectivity index (χ2v) is 7.23. The molecule has 0 radical (unpaired) electrons. The highest BCUT2D eigenvalue weighted by Gasteiger charge is 2.34. The van der Waals surface area contributed by atoms with E-state index in [0.717, 1.165) is 0 Å². The highest BCUT2D eigenvalue weighted by atomic mass is 16.5. The summed E-state index contributed by atoms with van der Waals surface area (Å²) in [6.07, 6.45) is 0. The number of nitrogens with one attached hydrogen (secondary N) is 2. The van der Waals surface area contributed by atoms with E-state index < -0.39 is 24.0 Å². The molecule has 0 spiro atoms. The normalized spacial score (nSPS) is 15.3. The van der Waals surface area contributed by atoms with E-state index in [2.05, 4.69) is 10.6 Å². The van der Waals surface area contributed by atoms with Crippen molar-refractivity contribution in [1.29, 1.82) is 0 Å². The van der Waals surface area contributed by atoms with Gasteiger partial charge in [-0.25, -0.2) is 14.4 Å². The first-order chi connectivity index (χ1) is 16.1. The standard InChI is InChI=1S/C26H22N2O5/c1-2-32-25(30)21-22(17-10-5-3-6-11-17)27-26(31)28-23(21)19-14-9-15-20(16-19)33-24(29)18-12-7-4-8-13-18/h3-16,23H,2H2,1H3,(H2,27,28,31). The summed E-state index contributed by atoms with van der Waals surface area (Å²) >= 11 is 0. The Morgan fingerprint density at radius 2 is 1.58 bits per heavy atom. The number of esters is 2. The van der Waals surface area contributed by atoms with Crippen LogP contribution in [0.4, 0.5) is 4.79 Å². The van der Waals surface area contributed by atoms with Crippen LogP contribution in [0, 0.1) is 0 Å². The number of carbonyl (C=O) groups excluding carboxylic acids is 3. The molecule has 0 aliphatic carbocycles. The minimum atomic E-state index is -0.802. The maximum Gasteiger partial charge on any atom is 0.343 e. The third-order valence-electron chi connectivity index (χ3n) is 5.04. The third-order valence-corrected chi connectivity index (χ3v) is 5.04. The van der Waals surface area contributed by atoms with Crippen LogP contribution in [0.25, 0.3) is 5.70 Å². The molecule has 1 aliphatic heterocycles. The molecule has 7 nitrogen and oxygen atoms in total. The summed E-state index contributed by atoms with van der Waals surface area (Å²) in [6, 6.07) is 23.2. The Bertz CT molecular complexity index is 1210. The molecule has 1 unspecified atom stereocenters. The van der Waals surface area contributed by atoms with Gasteiger partial charge in [-0.05, 0) is 42.3 Å². The first-order valence-corrected chi connectivity index (χ1v) is 10.5. The molecular formula is C26H22N2O5. The summed E-state index contributed by atoms with van der Waals surface area (Å²) in [5.74, 6) is -0.771.